The fraction of sp³-hybridized carbons (Fsp3) is 0.714. The van der Waals surface area contributed by atoms with Gasteiger partial charge >= 0.3 is 5.97 Å². The Hall–Kier alpha value is -0.940. The van der Waals surface area contributed by atoms with Gasteiger partial charge in [-0.15, -0.1) is 0 Å². The van der Waals surface area contributed by atoms with Gasteiger partial charge in [-0.05, 0) is 0 Å². The Morgan fingerprint density at radius 3 is 2.92 bits per heavy atom. The summed E-state index contributed by atoms with van der Waals surface area (Å²) in [5.74, 6) is -0.895. The third-order valence-electron chi connectivity index (χ3n) is 2.22. The van der Waals surface area contributed by atoms with Gasteiger partial charge in [-0.25, -0.2) is 4.79 Å². The molecule has 2 unspecified atom stereocenters. The third kappa shape index (κ3) is 1.21. The molecular formula is C7H11N3O2. The van der Waals surface area contributed by atoms with Crippen molar-refractivity contribution >= 4 is 11.7 Å². The largest absolute Gasteiger partial charge is 0.477 e. The van der Waals surface area contributed by atoms with Crippen molar-refractivity contribution in [3.63, 3.8) is 0 Å². The molecule has 1 saturated heterocycles. The summed E-state index contributed by atoms with van der Waals surface area (Å²) in [7, 11) is 0. The van der Waals surface area contributed by atoms with E-state index in [0.29, 0.717) is 6.42 Å². The Labute approximate surface area is 69.9 Å². The molecule has 2 aliphatic rings. The summed E-state index contributed by atoms with van der Waals surface area (Å²) in [6.07, 6.45) is 0.511. The highest BCUT2D eigenvalue weighted by Crippen LogP contribution is 2.14. The van der Waals surface area contributed by atoms with E-state index in [4.69, 9.17) is 5.11 Å². The van der Waals surface area contributed by atoms with Crippen LogP contribution in [0.15, 0.2) is 4.99 Å². The first-order valence-electron chi connectivity index (χ1n) is 4.04. The zero-order valence-corrected chi connectivity index (χ0v) is 6.58. The van der Waals surface area contributed by atoms with E-state index in [2.05, 4.69) is 15.6 Å². The van der Waals surface area contributed by atoms with Crippen molar-refractivity contribution < 1.29 is 9.90 Å². The topological polar surface area (TPSA) is 73.7 Å². The van der Waals surface area contributed by atoms with Crippen LogP contribution in [0.25, 0.3) is 0 Å². The van der Waals surface area contributed by atoms with E-state index >= 15 is 0 Å². The second-order valence-corrected chi connectivity index (χ2v) is 3.04. The first-order valence-corrected chi connectivity index (χ1v) is 4.04. The molecule has 0 aromatic heterocycles. The highest BCUT2D eigenvalue weighted by atomic mass is 16.4. The van der Waals surface area contributed by atoms with Crippen molar-refractivity contribution in [2.75, 3.05) is 13.1 Å². The van der Waals surface area contributed by atoms with E-state index in [1.54, 1.807) is 0 Å². The average molecular weight is 169 g/mol. The fourth-order valence-corrected chi connectivity index (χ4v) is 1.62. The highest BCUT2D eigenvalue weighted by Gasteiger charge is 2.33. The second kappa shape index (κ2) is 2.84. The smallest absolute Gasteiger partial charge is 0.349 e. The van der Waals surface area contributed by atoms with Crippen molar-refractivity contribution in [1.82, 2.24) is 10.6 Å². The van der Waals surface area contributed by atoms with Crippen LogP contribution in [0, 0.1) is 0 Å². The molecule has 0 aromatic rings. The monoisotopic (exact) mass is 169 g/mol. The van der Waals surface area contributed by atoms with Crippen molar-refractivity contribution in [2.45, 2.75) is 18.6 Å². The lowest BCUT2D eigenvalue weighted by atomic mass is 10.1. The summed E-state index contributed by atoms with van der Waals surface area (Å²) in [5.41, 5.74) is 0.284. The number of fused-ring (bicyclic) bond motifs is 1. The highest BCUT2D eigenvalue weighted by molar-refractivity contribution is 6.36. The number of rotatable bonds is 1. The van der Waals surface area contributed by atoms with E-state index in [1.807, 2.05) is 0 Å². The summed E-state index contributed by atoms with van der Waals surface area (Å²) in [6.45, 7) is 1.75. The number of carboxylic acids is 1. The molecule has 0 bridgehead atoms. The Balaban J connectivity index is 2.09. The molecule has 5 nitrogen and oxygen atoms in total. The Morgan fingerprint density at radius 2 is 2.25 bits per heavy atom. The van der Waals surface area contributed by atoms with Gasteiger partial charge in [0.2, 0.25) is 0 Å². The lowest BCUT2D eigenvalue weighted by Crippen LogP contribution is -2.53. The second-order valence-electron chi connectivity index (χ2n) is 3.04. The minimum atomic E-state index is -0.895. The summed E-state index contributed by atoms with van der Waals surface area (Å²) >= 11 is 0. The van der Waals surface area contributed by atoms with Crippen molar-refractivity contribution in [3.05, 3.63) is 0 Å². The number of hydrogen-bond donors (Lipinski definition) is 3. The van der Waals surface area contributed by atoms with Crippen molar-refractivity contribution in [1.29, 1.82) is 0 Å². The van der Waals surface area contributed by atoms with Crippen LogP contribution in [-0.4, -0.2) is 42.1 Å². The number of aliphatic imine (C=N–C) groups is 1. The van der Waals surface area contributed by atoms with Gasteiger partial charge in [-0.3, -0.25) is 10.3 Å². The number of nitrogens with zero attached hydrogens (tertiary/aromatic N) is 1. The average Bonchev–Trinajstić information content (AvgIpc) is 2.46. The normalized spacial score (nSPS) is 34.2. The third-order valence-corrected chi connectivity index (χ3v) is 2.22. The molecule has 3 N–H and O–H groups in total. The Morgan fingerprint density at radius 1 is 1.50 bits per heavy atom. The van der Waals surface area contributed by atoms with Gasteiger partial charge in [0.05, 0.1) is 0 Å². The molecule has 0 radical (unpaired) electrons. The summed E-state index contributed by atoms with van der Waals surface area (Å²) < 4.78 is 0. The molecule has 2 heterocycles. The van der Waals surface area contributed by atoms with Crippen LogP contribution < -0.4 is 10.6 Å². The van der Waals surface area contributed by atoms with Crippen molar-refractivity contribution in [2.24, 2.45) is 4.99 Å². The molecule has 66 valence electrons. The van der Waals surface area contributed by atoms with Gasteiger partial charge in [-0.1, -0.05) is 0 Å². The molecule has 1 fully saturated rings. The molecule has 12 heavy (non-hydrogen) atoms. The standard InChI is InChI=1S/C7H11N3O2/c11-7(12)5-3-4-6(10-5)9-2-1-8-4/h4,6,8-9H,1-3H2,(H,11,12). The van der Waals surface area contributed by atoms with Crippen LogP contribution in [0.1, 0.15) is 6.42 Å². The number of carboxylic acid groups (broad SMARTS) is 1. The predicted molar refractivity (Wildman–Crippen MR) is 43.3 cm³/mol. The molecule has 2 aliphatic heterocycles. The van der Waals surface area contributed by atoms with Gasteiger partial charge < -0.3 is 10.4 Å². The minimum Gasteiger partial charge on any atom is -0.477 e. The molecule has 0 amide bonds. The number of nitrogens with one attached hydrogen (secondary N) is 2. The molecule has 0 spiro atoms. The first-order chi connectivity index (χ1) is 5.77. The van der Waals surface area contributed by atoms with Crippen LogP contribution in [0.5, 0.6) is 0 Å². The van der Waals surface area contributed by atoms with Crippen molar-refractivity contribution in [3.8, 4) is 0 Å². The lowest BCUT2D eigenvalue weighted by molar-refractivity contribution is -0.129. The van der Waals surface area contributed by atoms with Crippen LogP contribution in [0.2, 0.25) is 0 Å². The van der Waals surface area contributed by atoms with Gasteiger partial charge in [0.25, 0.3) is 0 Å². The van der Waals surface area contributed by atoms with Crippen LogP contribution in [0.4, 0.5) is 0 Å². The van der Waals surface area contributed by atoms with E-state index in [1.165, 1.54) is 0 Å². The number of carbonyl (C=O) groups is 1. The maximum absolute atomic E-state index is 10.6. The fourth-order valence-electron chi connectivity index (χ4n) is 1.62. The minimum absolute atomic E-state index is 0.0233. The maximum atomic E-state index is 10.6. The molecule has 2 atom stereocenters. The number of aliphatic carboxylic acids is 1. The summed E-state index contributed by atoms with van der Waals surface area (Å²) in [5, 5.41) is 15.1. The zero-order valence-electron chi connectivity index (χ0n) is 6.58. The number of hydrogen-bond acceptors (Lipinski definition) is 4. The lowest BCUT2D eigenvalue weighted by Gasteiger charge is -2.25. The van der Waals surface area contributed by atoms with E-state index in [-0.39, 0.29) is 17.9 Å². The van der Waals surface area contributed by atoms with Crippen LogP contribution >= 0.6 is 0 Å². The molecule has 2 rings (SSSR count). The maximum Gasteiger partial charge on any atom is 0.349 e. The molecule has 5 heteroatoms. The van der Waals surface area contributed by atoms with E-state index in [0.717, 1.165) is 13.1 Å². The van der Waals surface area contributed by atoms with Crippen LogP contribution in [-0.2, 0) is 4.79 Å². The molecule has 0 saturated carbocycles. The van der Waals surface area contributed by atoms with Gasteiger partial charge in [-0.2, -0.15) is 0 Å². The van der Waals surface area contributed by atoms with Gasteiger partial charge in [0.15, 0.2) is 0 Å². The zero-order chi connectivity index (χ0) is 8.55. The van der Waals surface area contributed by atoms with E-state index < -0.39 is 5.97 Å². The quantitative estimate of drug-likeness (QED) is 0.461. The van der Waals surface area contributed by atoms with Gasteiger partial charge in [0, 0.05) is 25.6 Å². The Kier molecular flexibility index (Phi) is 1.82. The molecule has 0 aliphatic carbocycles. The molecule has 0 aromatic carbocycles. The van der Waals surface area contributed by atoms with Crippen LogP contribution in [0.3, 0.4) is 0 Å². The number of piperazine rings is 1. The van der Waals surface area contributed by atoms with Gasteiger partial charge in [0.1, 0.15) is 11.9 Å². The predicted octanol–water partition coefficient (Wildman–Crippen LogP) is -1.20. The molecular weight excluding hydrogens is 158 g/mol. The summed E-state index contributed by atoms with van der Waals surface area (Å²) in [6, 6.07) is 0.185. The Bertz CT molecular complexity index is 239. The SMILES string of the molecule is O=C(O)C1=NC2NCCNC2C1. The van der Waals surface area contributed by atoms with E-state index in [9.17, 15) is 4.79 Å². The first kappa shape index (κ1) is 7.70. The summed E-state index contributed by atoms with van der Waals surface area (Å²) in [4.78, 5) is 14.6.